The maximum Gasteiger partial charge on any atom is 0.222 e. The summed E-state index contributed by atoms with van der Waals surface area (Å²) in [6, 6.07) is 0.533. The first kappa shape index (κ1) is 21.8. The number of nitrogens with one attached hydrogen (secondary N) is 3. The molecular formula is C14H31IN4O. The van der Waals surface area contributed by atoms with Gasteiger partial charge in [-0.2, -0.15) is 0 Å². The van der Waals surface area contributed by atoms with Crippen molar-refractivity contribution in [1.29, 1.82) is 0 Å². The normalized spacial score (nSPS) is 12.9. The van der Waals surface area contributed by atoms with Gasteiger partial charge in [0.2, 0.25) is 5.91 Å². The Balaban J connectivity index is 0. The number of nitrogens with zero attached hydrogens (tertiary/aromatic N) is 1. The van der Waals surface area contributed by atoms with Crippen LogP contribution in [0.1, 0.15) is 48.0 Å². The molecule has 0 aromatic rings. The fraction of sp³-hybridized carbons (Fsp3) is 0.857. The predicted molar refractivity (Wildman–Crippen MR) is 96.7 cm³/mol. The lowest BCUT2D eigenvalue weighted by Crippen LogP contribution is -2.44. The van der Waals surface area contributed by atoms with Gasteiger partial charge in [0.05, 0.1) is 6.54 Å². The molecular weight excluding hydrogens is 367 g/mol. The molecule has 1 unspecified atom stereocenters. The summed E-state index contributed by atoms with van der Waals surface area (Å²) in [5.74, 6) is 1.36. The molecule has 5 nitrogen and oxygen atoms in total. The number of carbonyl (C=O) groups excluding carboxylic acids is 1. The van der Waals surface area contributed by atoms with Crippen molar-refractivity contribution in [1.82, 2.24) is 16.0 Å². The van der Waals surface area contributed by atoms with Crippen LogP contribution in [0.15, 0.2) is 4.99 Å². The van der Waals surface area contributed by atoms with Gasteiger partial charge in [0, 0.05) is 25.0 Å². The minimum absolute atomic E-state index is 0. The summed E-state index contributed by atoms with van der Waals surface area (Å²) in [6.07, 6.45) is 0.421. The van der Waals surface area contributed by atoms with E-state index in [-0.39, 0.29) is 35.9 Å². The molecule has 0 saturated carbocycles. The molecule has 0 aromatic heterocycles. The zero-order chi connectivity index (χ0) is 14.8. The third-order valence-corrected chi connectivity index (χ3v) is 2.77. The third-order valence-electron chi connectivity index (χ3n) is 2.77. The van der Waals surface area contributed by atoms with Crippen LogP contribution < -0.4 is 16.0 Å². The van der Waals surface area contributed by atoms with E-state index in [9.17, 15) is 4.79 Å². The molecule has 0 radical (unpaired) electrons. The first-order valence-corrected chi connectivity index (χ1v) is 7.21. The Morgan fingerprint density at radius 3 is 2.15 bits per heavy atom. The average Bonchev–Trinajstić information content (AvgIpc) is 2.27. The highest BCUT2D eigenvalue weighted by Gasteiger charge is 2.09. The summed E-state index contributed by atoms with van der Waals surface area (Å²) in [5.41, 5.74) is 0. The van der Waals surface area contributed by atoms with Gasteiger partial charge in [-0.25, -0.2) is 0 Å². The molecule has 0 aromatic carbocycles. The largest absolute Gasteiger partial charge is 0.357 e. The second-order valence-corrected chi connectivity index (χ2v) is 5.41. The van der Waals surface area contributed by atoms with Crippen LogP contribution in [-0.2, 0) is 4.79 Å². The van der Waals surface area contributed by atoms with E-state index in [1.54, 1.807) is 0 Å². The molecule has 3 N–H and O–H groups in total. The Labute approximate surface area is 140 Å². The minimum Gasteiger partial charge on any atom is -0.357 e. The van der Waals surface area contributed by atoms with E-state index in [1.165, 1.54) is 0 Å². The third kappa shape index (κ3) is 11.3. The molecule has 6 heteroatoms. The van der Waals surface area contributed by atoms with E-state index in [0.29, 0.717) is 24.9 Å². The maximum atomic E-state index is 11.5. The van der Waals surface area contributed by atoms with Crippen molar-refractivity contribution in [3.63, 3.8) is 0 Å². The van der Waals surface area contributed by atoms with E-state index in [1.807, 2.05) is 20.8 Å². The van der Waals surface area contributed by atoms with Gasteiger partial charge in [-0.05, 0) is 33.6 Å². The Morgan fingerprint density at radius 1 is 1.10 bits per heavy atom. The van der Waals surface area contributed by atoms with Crippen molar-refractivity contribution in [3.05, 3.63) is 0 Å². The molecule has 0 spiro atoms. The standard InChI is InChI=1S/C14H30N4O.HI/c1-7-15-14(18-12(6)10(2)3)16-9-8-13(19)17-11(4)5;/h10-12H,7-9H2,1-6H3,(H,17,19)(H2,15,16,18);1H. The molecule has 1 atom stereocenters. The van der Waals surface area contributed by atoms with E-state index in [0.717, 1.165) is 12.5 Å². The van der Waals surface area contributed by atoms with Crippen LogP contribution in [0.2, 0.25) is 0 Å². The maximum absolute atomic E-state index is 11.5. The van der Waals surface area contributed by atoms with Gasteiger partial charge >= 0.3 is 0 Å². The van der Waals surface area contributed by atoms with Crippen LogP contribution in [0, 0.1) is 5.92 Å². The first-order chi connectivity index (χ1) is 8.86. The second-order valence-electron chi connectivity index (χ2n) is 5.41. The van der Waals surface area contributed by atoms with Gasteiger partial charge in [0.1, 0.15) is 0 Å². The van der Waals surface area contributed by atoms with E-state index < -0.39 is 0 Å². The second kappa shape index (κ2) is 12.2. The van der Waals surface area contributed by atoms with Crippen molar-refractivity contribution in [2.45, 2.75) is 60.0 Å². The predicted octanol–water partition coefficient (Wildman–Crippen LogP) is 2.12. The van der Waals surface area contributed by atoms with Crippen LogP contribution >= 0.6 is 24.0 Å². The Bertz CT molecular complexity index is 293. The lowest BCUT2D eigenvalue weighted by Gasteiger charge is -2.20. The van der Waals surface area contributed by atoms with Crippen LogP contribution in [0.4, 0.5) is 0 Å². The molecule has 0 aliphatic heterocycles. The molecule has 0 aliphatic rings. The zero-order valence-electron chi connectivity index (χ0n) is 13.6. The molecule has 0 saturated heterocycles. The van der Waals surface area contributed by atoms with Crippen LogP contribution in [-0.4, -0.2) is 37.0 Å². The lowest BCUT2D eigenvalue weighted by atomic mass is 10.1. The monoisotopic (exact) mass is 398 g/mol. The number of carbonyl (C=O) groups is 1. The smallest absolute Gasteiger partial charge is 0.222 e. The van der Waals surface area contributed by atoms with Crippen molar-refractivity contribution < 1.29 is 4.79 Å². The van der Waals surface area contributed by atoms with Crippen LogP contribution in [0.3, 0.4) is 0 Å². The Kier molecular flexibility index (Phi) is 13.3. The Hall–Kier alpha value is -0.530. The highest BCUT2D eigenvalue weighted by Crippen LogP contribution is 1.99. The number of guanidine groups is 1. The SMILES string of the molecule is CCNC(=NCCC(=O)NC(C)C)NC(C)C(C)C.I. The van der Waals surface area contributed by atoms with Gasteiger partial charge in [-0.3, -0.25) is 9.79 Å². The van der Waals surface area contributed by atoms with Crippen molar-refractivity contribution in [3.8, 4) is 0 Å². The number of hydrogen-bond acceptors (Lipinski definition) is 2. The number of hydrogen-bond donors (Lipinski definition) is 3. The molecule has 0 heterocycles. The average molecular weight is 398 g/mol. The number of rotatable bonds is 7. The summed E-state index contributed by atoms with van der Waals surface area (Å²) in [5, 5.41) is 9.39. The molecule has 120 valence electrons. The molecule has 1 amide bonds. The zero-order valence-corrected chi connectivity index (χ0v) is 15.9. The number of halogens is 1. The van der Waals surface area contributed by atoms with Gasteiger partial charge in [0.15, 0.2) is 5.96 Å². The topological polar surface area (TPSA) is 65.5 Å². The van der Waals surface area contributed by atoms with E-state index in [4.69, 9.17) is 0 Å². The molecule has 0 rings (SSSR count). The van der Waals surface area contributed by atoms with Gasteiger partial charge in [0.25, 0.3) is 0 Å². The summed E-state index contributed by atoms with van der Waals surface area (Å²) in [7, 11) is 0. The molecule has 20 heavy (non-hydrogen) atoms. The highest BCUT2D eigenvalue weighted by atomic mass is 127. The molecule has 0 fully saturated rings. The highest BCUT2D eigenvalue weighted by molar-refractivity contribution is 14.0. The summed E-state index contributed by atoms with van der Waals surface area (Å²) < 4.78 is 0. The minimum atomic E-state index is 0. The van der Waals surface area contributed by atoms with Gasteiger partial charge in [-0.1, -0.05) is 13.8 Å². The molecule has 0 aliphatic carbocycles. The summed E-state index contributed by atoms with van der Waals surface area (Å²) in [4.78, 5) is 15.9. The quantitative estimate of drug-likeness (QED) is 0.350. The van der Waals surface area contributed by atoms with E-state index >= 15 is 0 Å². The van der Waals surface area contributed by atoms with Crippen LogP contribution in [0.5, 0.6) is 0 Å². The fourth-order valence-electron chi connectivity index (χ4n) is 1.37. The molecule has 0 bridgehead atoms. The van der Waals surface area contributed by atoms with Crippen molar-refractivity contribution in [2.24, 2.45) is 10.9 Å². The van der Waals surface area contributed by atoms with Gasteiger partial charge < -0.3 is 16.0 Å². The summed E-state index contributed by atoms with van der Waals surface area (Å²) >= 11 is 0. The van der Waals surface area contributed by atoms with Crippen molar-refractivity contribution >= 4 is 35.8 Å². The number of aliphatic imine (C=N–C) groups is 1. The van der Waals surface area contributed by atoms with Crippen LogP contribution in [0.25, 0.3) is 0 Å². The van der Waals surface area contributed by atoms with Crippen molar-refractivity contribution in [2.75, 3.05) is 13.1 Å². The van der Waals surface area contributed by atoms with Gasteiger partial charge in [-0.15, -0.1) is 24.0 Å². The summed E-state index contributed by atoms with van der Waals surface area (Å²) in [6.45, 7) is 13.7. The fourth-order valence-corrected chi connectivity index (χ4v) is 1.37. The lowest BCUT2D eigenvalue weighted by molar-refractivity contribution is -0.121. The van der Waals surface area contributed by atoms with E-state index in [2.05, 4.69) is 41.7 Å². The number of amides is 1. The Morgan fingerprint density at radius 2 is 1.70 bits per heavy atom. The first-order valence-electron chi connectivity index (χ1n) is 7.21.